The lowest BCUT2D eigenvalue weighted by atomic mass is 9.95. The zero-order valence-electron chi connectivity index (χ0n) is 21.4. The molecule has 4 aromatic rings. The second-order valence-corrected chi connectivity index (χ2v) is 9.58. The number of hydrogen-bond acceptors (Lipinski definition) is 6. The minimum Gasteiger partial charge on any atom is -0.348 e. The topological polar surface area (TPSA) is 100 Å². The van der Waals surface area contributed by atoms with Gasteiger partial charge in [0.1, 0.15) is 0 Å². The lowest BCUT2D eigenvalue weighted by Crippen LogP contribution is -2.38. The molecule has 0 atom stereocenters. The molecule has 2 heterocycles. The number of hydrogen-bond donors (Lipinski definition) is 2. The van der Waals surface area contributed by atoms with Crippen molar-refractivity contribution in [1.29, 1.82) is 0 Å². The maximum atomic E-state index is 13.1. The maximum absolute atomic E-state index is 13.1. The van der Waals surface area contributed by atoms with Gasteiger partial charge in [-0.05, 0) is 56.1 Å². The van der Waals surface area contributed by atoms with E-state index < -0.39 is 0 Å². The van der Waals surface area contributed by atoms with Crippen LogP contribution in [0.2, 0.25) is 0 Å². The van der Waals surface area contributed by atoms with Crippen molar-refractivity contribution in [3.8, 4) is 11.4 Å². The average molecular weight is 510 g/mol. The first-order valence-corrected chi connectivity index (χ1v) is 12.9. The molecule has 5 rings (SSSR count). The van der Waals surface area contributed by atoms with Crippen molar-refractivity contribution in [3.05, 3.63) is 101 Å². The van der Waals surface area contributed by atoms with E-state index in [0.717, 1.165) is 29.8 Å². The highest BCUT2D eigenvalue weighted by Gasteiger charge is 2.27. The van der Waals surface area contributed by atoms with Gasteiger partial charge >= 0.3 is 0 Å². The molecule has 0 saturated carbocycles. The number of carbonyl (C=O) groups is 2. The minimum absolute atomic E-state index is 0.0624. The Balaban J connectivity index is 1.13. The number of piperidine rings is 1. The Hall–Kier alpha value is -4.30. The summed E-state index contributed by atoms with van der Waals surface area (Å²) in [5, 5.41) is 10.1. The molecule has 38 heavy (non-hydrogen) atoms. The van der Waals surface area contributed by atoms with Crippen LogP contribution >= 0.6 is 0 Å². The van der Waals surface area contributed by atoms with Crippen molar-refractivity contribution in [1.82, 2.24) is 20.4 Å². The number of nitrogens with zero attached hydrogens (tertiary/aromatic N) is 3. The highest BCUT2D eigenvalue weighted by Crippen LogP contribution is 2.24. The van der Waals surface area contributed by atoms with Gasteiger partial charge in [-0.15, -0.1) is 0 Å². The molecule has 8 heteroatoms. The predicted molar refractivity (Wildman–Crippen MR) is 145 cm³/mol. The highest BCUT2D eigenvalue weighted by molar-refractivity contribution is 6.04. The molecule has 1 fully saturated rings. The number of nitrogens with one attached hydrogen (secondary N) is 2. The van der Waals surface area contributed by atoms with Gasteiger partial charge in [0.25, 0.3) is 5.91 Å². The fourth-order valence-corrected chi connectivity index (χ4v) is 4.70. The normalized spacial score (nSPS) is 14.2. The largest absolute Gasteiger partial charge is 0.348 e. The lowest BCUT2D eigenvalue weighted by molar-refractivity contribution is -0.121. The molecule has 1 aliphatic rings. The quantitative estimate of drug-likeness (QED) is 0.353. The van der Waals surface area contributed by atoms with E-state index in [9.17, 15) is 9.59 Å². The molecule has 2 N–H and O–H groups in total. The average Bonchev–Trinajstić information content (AvgIpc) is 3.41. The fraction of sp³-hybridized carbons (Fsp3) is 0.267. The van der Waals surface area contributed by atoms with Gasteiger partial charge in [-0.3, -0.25) is 14.5 Å². The molecule has 0 bridgehead atoms. The standard InChI is InChI=1S/C30H31N5O3/c1-21-9-5-6-12-24(21)28-33-27(38-34-28)20-35-17-15-23(16-18-35)29(36)32-26-14-8-7-13-25(26)30(37)31-19-22-10-3-2-4-11-22/h2-14,23H,15-20H2,1H3,(H,31,37)(H,32,36). The summed E-state index contributed by atoms with van der Waals surface area (Å²) in [7, 11) is 0. The van der Waals surface area contributed by atoms with Crippen molar-refractivity contribution in [3.63, 3.8) is 0 Å². The number of anilines is 1. The molecule has 1 saturated heterocycles. The van der Waals surface area contributed by atoms with Crippen molar-refractivity contribution >= 4 is 17.5 Å². The summed E-state index contributed by atoms with van der Waals surface area (Å²) in [5.41, 5.74) is 4.06. The van der Waals surface area contributed by atoms with Gasteiger partial charge in [0.2, 0.25) is 17.6 Å². The zero-order chi connectivity index (χ0) is 26.3. The molecule has 1 aromatic heterocycles. The number of aromatic nitrogens is 2. The van der Waals surface area contributed by atoms with Crippen LogP contribution in [0.3, 0.4) is 0 Å². The van der Waals surface area contributed by atoms with Crippen LogP contribution in [-0.4, -0.2) is 39.9 Å². The molecule has 2 amide bonds. The number of benzene rings is 3. The summed E-state index contributed by atoms with van der Waals surface area (Å²) in [6.45, 7) is 4.50. The van der Waals surface area contributed by atoms with E-state index in [2.05, 4.69) is 25.7 Å². The lowest BCUT2D eigenvalue weighted by Gasteiger charge is -2.30. The monoisotopic (exact) mass is 509 g/mol. The van der Waals surface area contributed by atoms with E-state index in [1.165, 1.54) is 0 Å². The Kier molecular flexibility index (Phi) is 7.89. The Morgan fingerprint density at radius 3 is 2.45 bits per heavy atom. The Bertz CT molecular complexity index is 1390. The number of amides is 2. The highest BCUT2D eigenvalue weighted by atomic mass is 16.5. The third kappa shape index (κ3) is 6.15. The van der Waals surface area contributed by atoms with Crippen molar-refractivity contribution in [2.45, 2.75) is 32.9 Å². The van der Waals surface area contributed by atoms with Gasteiger partial charge in [-0.25, -0.2) is 0 Å². The number of aryl methyl sites for hydroxylation is 1. The molecule has 8 nitrogen and oxygen atoms in total. The van der Waals surface area contributed by atoms with E-state index in [0.29, 0.717) is 48.9 Å². The van der Waals surface area contributed by atoms with E-state index in [4.69, 9.17) is 4.52 Å². The summed E-state index contributed by atoms with van der Waals surface area (Å²) in [4.78, 5) is 32.7. The third-order valence-corrected chi connectivity index (χ3v) is 6.90. The van der Waals surface area contributed by atoms with Crippen LogP contribution in [0.1, 0.15) is 40.2 Å². The first-order valence-electron chi connectivity index (χ1n) is 12.9. The summed E-state index contributed by atoms with van der Waals surface area (Å²) in [5.74, 6) is 0.758. The molecule has 0 radical (unpaired) electrons. The Morgan fingerprint density at radius 1 is 0.947 bits per heavy atom. The number of para-hydroxylation sites is 1. The van der Waals surface area contributed by atoms with Crippen LogP contribution in [0.5, 0.6) is 0 Å². The van der Waals surface area contributed by atoms with Crippen molar-refractivity contribution < 1.29 is 14.1 Å². The van der Waals surface area contributed by atoms with Crippen LogP contribution in [0.4, 0.5) is 5.69 Å². The summed E-state index contributed by atoms with van der Waals surface area (Å²) in [6.07, 6.45) is 1.43. The minimum atomic E-state index is -0.218. The first-order chi connectivity index (χ1) is 18.6. The van der Waals surface area contributed by atoms with Crippen molar-refractivity contribution in [2.24, 2.45) is 5.92 Å². The van der Waals surface area contributed by atoms with Gasteiger partial charge in [0.15, 0.2) is 0 Å². The molecule has 194 valence electrons. The summed E-state index contributed by atoms with van der Waals surface area (Å²) in [6, 6.07) is 24.8. The smallest absolute Gasteiger partial charge is 0.253 e. The van der Waals surface area contributed by atoms with Gasteiger partial charge in [-0.1, -0.05) is 71.9 Å². The predicted octanol–water partition coefficient (Wildman–Crippen LogP) is 4.83. The second-order valence-electron chi connectivity index (χ2n) is 9.58. The Morgan fingerprint density at radius 2 is 1.66 bits per heavy atom. The molecule has 0 spiro atoms. The van der Waals surface area contributed by atoms with E-state index in [-0.39, 0.29) is 17.7 Å². The second kappa shape index (κ2) is 11.8. The number of carbonyl (C=O) groups excluding carboxylic acids is 2. The van der Waals surface area contributed by atoms with Crippen LogP contribution in [0.25, 0.3) is 11.4 Å². The van der Waals surface area contributed by atoms with Gasteiger partial charge < -0.3 is 15.2 Å². The van der Waals surface area contributed by atoms with E-state index >= 15 is 0 Å². The Labute approximate surface area is 222 Å². The maximum Gasteiger partial charge on any atom is 0.253 e. The molecular formula is C30H31N5O3. The number of likely N-dealkylation sites (tertiary alicyclic amines) is 1. The van der Waals surface area contributed by atoms with Gasteiger partial charge in [0, 0.05) is 18.0 Å². The molecule has 3 aromatic carbocycles. The number of rotatable bonds is 8. The molecule has 0 aliphatic carbocycles. The molecular weight excluding hydrogens is 478 g/mol. The van der Waals surface area contributed by atoms with Crippen LogP contribution in [0.15, 0.2) is 83.4 Å². The molecule has 0 unspecified atom stereocenters. The summed E-state index contributed by atoms with van der Waals surface area (Å²) >= 11 is 0. The van der Waals surface area contributed by atoms with Gasteiger partial charge in [0.05, 0.1) is 17.8 Å². The zero-order valence-corrected chi connectivity index (χ0v) is 21.4. The van der Waals surface area contributed by atoms with Crippen LogP contribution in [-0.2, 0) is 17.9 Å². The molecule has 1 aliphatic heterocycles. The van der Waals surface area contributed by atoms with E-state index in [1.54, 1.807) is 18.2 Å². The van der Waals surface area contributed by atoms with Crippen LogP contribution < -0.4 is 10.6 Å². The SMILES string of the molecule is Cc1ccccc1-c1noc(CN2CCC(C(=O)Nc3ccccc3C(=O)NCc3ccccc3)CC2)n1. The third-order valence-electron chi connectivity index (χ3n) is 6.90. The van der Waals surface area contributed by atoms with Crippen molar-refractivity contribution in [2.75, 3.05) is 18.4 Å². The fourth-order valence-electron chi connectivity index (χ4n) is 4.70. The summed E-state index contributed by atoms with van der Waals surface area (Å²) < 4.78 is 5.49. The van der Waals surface area contributed by atoms with Gasteiger partial charge in [-0.2, -0.15) is 4.98 Å². The van der Waals surface area contributed by atoms with Crippen LogP contribution in [0, 0.1) is 12.8 Å². The first kappa shape index (κ1) is 25.4. The van der Waals surface area contributed by atoms with E-state index in [1.807, 2.05) is 67.6 Å².